The first kappa shape index (κ1) is 3.61. The lowest BCUT2D eigenvalue weighted by atomic mass is 10.9. The van der Waals surface area contributed by atoms with E-state index in [4.69, 9.17) is 1.37 Å². The minimum atomic E-state index is -1.16. The zero-order chi connectivity index (χ0) is 5.70. The zero-order valence-electron chi connectivity index (χ0n) is 4.43. The monoisotopic (exact) mass is 91.0 g/mol. The summed E-state index contributed by atoms with van der Waals surface area (Å²) in [5.41, 5.74) is 0. The van der Waals surface area contributed by atoms with Crippen LogP contribution in [0.4, 0.5) is 0 Å². The first-order chi connectivity index (χ1) is 3.27. The Bertz CT molecular complexity index is 63.2. The van der Waals surface area contributed by atoms with Crippen LogP contribution < -0.4 is 0 Å². The molecule has 0 aromatic heterocycles. The maximum Gasteiger partial charge on any atom is 0.330 e. The molecule has 0 rings (SSSR count). The molecule has 0 radical (unpaired) electrons. The van der Waals surface area contributed by atoms with Gasteiger partial charge in [-0.15, -0.1) is 0 Å². The highest BCUT2D eigenvalue weighted by molar-refractivity contribution is 5.35. The van der Waals surface area contributed by atoms with E-state index in [1.807, 2.05) is 0 Å². The summed E-state index contributed by atoms with van der Waals surface area (Å²) in [6.45, 7) is 1.94. The molecule has 0 saturated heterocycles. The predicted molar refractivity (Wildman–Crippen MR) is 18.8 cm³/mol. The van der Waals surface area contributed by atoms with E-state index in [9.17, 15) is 4.79 Å². The van der Waals surface area contributed by atoms with Crippen LogP contribution in [0.5, 0.6) is 0 Å². The van der Waals surface area contributed by atoms with E-state index in [1.165, 1.54) is 0 Å². The standard InChI is InChI=1S/C3H6O3/c1-2-5-6-3-4/h3H,2H2,1H3/i3D. The summed E-state index contributed by atoms with van der Waals surface area (Å²) in [5.74, 6) is 0. The van der Waals surface area contributed by atoms with Crippen molar-refractivity contribution in [2.75, 3.05) is 6.61 Å². The Morgan fingerprint density at radius 2 is 2.83 bits per heavy atom. The van der Waals surface area contributed by atoms with Crippen LogP contribution in [-0.4, -0.2) is 13.1 Å². The second-order valence-electron chi connectivity index (χ2n) is 0.573. The lowest BCUT2D eigenvalue weighted by molar-refractivity contribution is -0.255. The summed E-state index contributed by atoms with van der Waals surface area (Å²) in [7, 11) is 0. The summed E-state index contributed by atoms with van der Waals surface area (Å²) in [6.07, 6.45) is -1.16. The van der Waals surface area contributed by atoms with Gasteiger partial charge in [0, 0.05) is 0 Å². The van der Waals surface area contributed by atoms with E-state index in [0.29, 0.717) is 0 Å². The Morgan fingerprint density at radius 3 is 3.00 bits per heavy atom. The summed E-state index contributed by atoms with van der Waals surface area (Å²) in [6, 6.07) is 0. The quantitative estimate of drug-likeness (QED) is 0.275. The van der Waals surface area contributed by atoms with E-state index in [-0.39, 0.29) is 6.61 Å². The van der Waals surface area contributed by atoms with Crippen molar-refractivity contribution in [3.63, 3.8) is 0 Å². The van der Waals surface area contributed by atoms with Gasteiger partial charge in [0.25, 0.3) is 0 Å². The minimum absolute atomic E-state index is 0.282. The number of carbonyl (C=O) groups excluding carboxylic acids is 1. The highest BCUT2D eigenvalue weighted by Gasteiger charge is 1.70. The van der Waals surface area contributed by atoms with Gasteiger partial charge in [-0.05, 0) is 6.92 Å². The molecule has 3 nitrogen and oxygen atoms in total. The summed E-state index contributed by atoms with van der Waals surface area (Å²) in [4.78, 5) is 17.3. The highest BCUT2D eigenvalue weighted by atomic mass is 17.2. The van der Waals surface area contributed by atoms with Crippen LogP contribution in [0.25, 0.3) is 0 Å². The molecule has 0 amide bonds. The van der Waals surface area contributed by atoms with Gasteiger partial charge in [-0.1, -0.05) is 0 Å². The van der Waals surface area contributed by atoms with Crippen molar-refractivity contribution >= 4 is 6.45 Å². The summed E-state index contributed by atoms with van der Waals surface area (Å²) in [5, 5.41) is 0. The molecule has 0 aromatic rings. The van der Waals surface area contributed by atoms with Gasteiger partial charge in [0.2, 0.25) is 0 Å². The summed E-state index contributed by atoms with van der Waals surface area (Å²) < 4.78 is 6.09. The lowest BCUT2D eigenvalue weighted by Crippen LogP contribution is -1.88. The van der Waals surface area contributed by atoms with Crippen molar-refractivity contribution in [3.8, 4) is 0 Å². The molecular weight excluding hydrogens is 84.0 g/mol. The average molecular weight is 91.1 g/mol. The molecule has 0 aliphatic carbocycles. The van der Waals surface area contributed by atoms with Crippen molar-refractivity contribution in [2.45, 2.75) is 6.92 Å². The fourth-order valence-corrected chi connectivity index (χ4v) is 0.0830. The van der Waals surface area contributed by atoms with E-state index >= 15 is 0 Å². The van der Waals surface area contributed by atoms with Crippen LogP contribution in [0.2, 0.25) is 0 Å². The minimum Gasteiger partial charge on any atom is -0.302 e. The van der Waals surface area contributed by atoms with Crippen LogP contribution in [-0.2, 0) is 14.6 Å². The Kier molecular flexibility index (Phi) is 2.67. The molecule has 0 spiro atoms. The molecule has 0 saturated carbocycles. The first-order valence-electron chi connectivity index (χ1n) is 2.07. The van der Waals surface area contributed by atoms with Gasteiger partial charge >= 0.3 is 6.45 Å². The molecule has 0 aliphatic rings. The van der Waals surface area contributed by atoms with Crippen molar-refractivity contribution < 1.29 is 15.9 Å². The van der Waals surface area contributed by atoms with Gasteiger partial charge < -0.3 is 4.89 Å². The van der Waals surface area contributed by atoms with Crippen molar-refractivity contribution in [3.05, 3.63) is 0 Å². The fourth-order valence-electron chi connectivity index (χ4n) is 0.0830. The van der Waals surface area contributed by atoms with Gasteiger partial charge in [0.05, 0.1) is 6.61 Å². The molecule has 0 fully saturated rings. The molecule has 0 aliphatic heterocycles. The number of carbonyl (C=O) groups is 1. The Hall–Kier alpha value is -0.570. The van der Waals surface area contributed by atoms with Crippen LogP contribution >= 0.6 is 0 Å². The number of hydrogen-bond acceptors (Lipinski definition) is 3. The van der Waals surface area contributed by atoms with Gasteiger partial charge in [-0.3, -0.25) is 4.79 Å². The lowest BCUT2D eigenvalue weighted by Gasteiger charge is -1.86. The third-order valence-electron chi connectivity index (χ3n) is 0.211. The van der Waals surface area contributed by atoms with Gasteiger partial charge in [-0.2, -0.15) is 4.89 Å². The molecule has 36 valence electrons. The zero-order valence-corrected chi connectivity index (χ0v) is 3.43. The molecule has 0 heterocycles. The Morgan fingerprint density at radius 1 is 2.17 bits per heavy atom. The van der Waals surface area contributed by atoms with Gasteiger partial charge in [0.1, 0.15) is 0 Å². The molecule has 3 heteroatoms. The third-order valence-corrected chi connectivity index (χ3v) is 0.211. The topological polar surface area (TPSA) is 35.5 Å². The number of rotatable bonds is 2. The molecule has 0 unspecified atom stereocenters. The predicted octanol–water partition coefficient (Wildman–Crippen LogP) is 0.111. The van der Waals surface area contributed by atoms with Crippen molar-refractivity contribution in [1.29, 1.82) is 0 Å². The van der Waals surface area contributed by atoms with Gasteiger partial charge in [-0.25, -0.2) is 0 Å². The van der Waals surface area contributed by atoms with E-state index in [0.717, 1.165) is 0 Å². The molecule has 0 atom stereocenters. The van der Waals surface area contributed by atoms with E-state index < -0.39 is 6.45 Å². The van der Waals surface area contributed by atoms with Crippen molar-refractivity contribution in [1.82, 2.24) is 0 Å². The second kappa shape index (κ2) is 4.43. The van der Waals surface area contributed by atoms with Crippen LogP contribution in [0.1, 0.15) is 8.29 Å². The molecule has 0 aromatic carbocycles. The number of hydrogen-bond donors (Lipinski definition) is 0. The second-order valence-corrected chi connectivity index (χ2v) is 0.573. The van der Waals surface area contributed by atoms with Crippen LogP contribution in [0, 0.1) is 0 Å². The smallest absolute Gasteiger partial charge is 0.302 e. The van der Waals surface area contributed by atoms with Crippen LogP contribution in [0.3, 0.4) is 0 Å². The molecule has 0 N–H and O–H groups in total. The maximum atomic E-state index is 9.52. The Labute approximate surface area is 37.2 Å². The highest BCUT2D eigenvalue weighted by Crippen LogP contribution is 1.66. The maximum absolute atomic E-state index is 9.52. The van der Waals surface area contributed by atoms with E-state index in [1.54, 1.807) is 6.92 Å². The molecule has 6 heavy (non-hydrogen) atoms. The SMILES string of the molecule is [2H]C(=O)OOCC. The first-order valence-corrected chi connectivity index (χ1v) is 1.57. The Balaban J connectivity index is 2.82. The van der Waals surface area contributed by atoms with E-state index in [2.05, 4.69) is 9.78 Å². The van der Waals surface area contributed by atoms with Gasteiger partial charge in [0.15, 0.2) is 1.37 Å². The third kappa shape index (κ3) is 3.43. The normalized spacial score (nSPS) is 9.83. The fraction of sp³-hybridized carbons (Fsp3) is 0.667. The molecular formula is C3H6O3. The largest absolute Gasteiger partial charge is 0.330 e. The molecule has 0 bridgehead atoms. The van der Waals surface area contributed by atoms with Crippen molar-refractivity contribution in [2.24, 2.45) is 0 Å². The van der Waals surface area contributed by atoms with Crippen LogP contribution in [0.15, 0.2) is 0 Å². The summed E-state index contributed by atoms with van der Waals surface area (Å²) >= 11 is 0. The average Bonchev–Trinajstić information content (AvgIpc) is 1.61.